The average molecular weight is 209 g/mol. The van der Waals surface area contributed by atoms with Crippen LogP contribution in [0.2, 0.25) is 0 Å². The summed E-state index contributed by atoms with van der Waals surface area (Å²) >= 11 is 0. The van der Waals surface area contributed by atoms with E-state index in [2.05, 4.69) is 6.58 Å². The summed E-state index contributed by atoms with van der Waals surface area (Å²) in [5, 5.41) is 0. The third kappa shape index (κ3) is 2.34. The first-order chi connectivity index (χ1) is 7.07. The van der Waals surface area contributed by atoms with E-state index in [0.29, 0.717) is 6.61 Å². The maximum atomic E-state index is 13.7. The fourth-order valence-electron chi connectivity index (χ4n) is 1.19. The van der Waals surface area contributed by atoms with Crippen molar-refractivity contribution in [3.05, 3.63) is 41.7 Å². The molecule has 0 heterocycles. The summed E-state index contributed by atoms with van der Waals surface area (Å²) in [4.78, 5) is 10.9. The van der Waals surface area contributed by atoms with E-state index in [1.165, 1.54) is 18.2 Å². The smallest absolute Gasteiger partial charge is 0.251 e. The van der Waals surface area contributed by atoms with Gasteiger partial charge in [0, 0.05) is 0 Å². The lowest BCUT2D eigenvalue weighted by Gasteiger charge is -2.09. The number of benzene rings is 1. The average Bonchev–Trinajstić information content (AvgIpc) is 2.17. The van der Waals surface area contributed by atoms with Crippen molar-refractivity contribution in [1.29, 1.82) is 0 Å². The van der Waals surface area contributed by atoms with Gasteiger partial charge in [0.1, 0.15) is 11.6 Å². The second-order valence-electron chi connectivity index (χ2n) is 2.89. The van der Waals surface area contributed by atoms with Gasteiger partial charge in [-0.05, 0) is 19.1 Å². The lowest BCUT2D eigenvalue weighted by atomic mass is 10.1. The predicted octanol–water partition coefficient (Wildman–Crippen LogP) is 1.93. The molecule has 1 amide bonds. The molecule has 80 valence electrons. The number of rotatable bonds is 4. The van der Waals surface area contributed by atoms with Gasteiger partial charge in [0.15, 0.2) is 0 Å². The van der Waals surface area contributed by atoms with Crippen molar-refractivity contribution >= 4 is 11.7 Å². The van der Waals surface area contributed by atoms with Crippen LogP contribution < -0.4 is 5.73 Å². The molecule has 0 atom stereocenters. The molecule has 0 aliphatic rings. The fourth-order valence-corrected chi connectivity index (χ4v) is 1.19. The van der Waals surface area contributed by atoms with Crippen molar-refractivity contribution in [2.45, 2.75) is 6.92 Å². The molecule has 2 N–H and O–H groups in total. The minimum absolute atomic E-state index is 0.159. The second-order valence-corrected chi connectivity index (χ2v) is 2.89. The van der Waals surface area contributed by atoms with Crippen LogP contribution in [0, 0.1) is 5.82 Å². The normalized spacial score (nSPS) is 9.73. The molecule has 0 aliphatic heterocycles. The summed E-state index contributed by atoms with van der Waals surface area (Å²) in [7, 11) is 0. The number of carbonyl (C=O) groups excluding carboxylic acids is 1. The summed E-state index contributed by atoms with van der Waals surface area (Å²) in [5.74, 6) is -1.31. The molecule has 4 heteroatoms. The molecule has 1 aromatic carbocycles. The largest absolute Gasteiger partial charge is 0.494 e. The summed E-state index contributed by atoms with van der Waals surface area (Å²) in [6, 6.07) is 4.34. The topological polar surface area (TPSA) is 52.3 Å². The van der Waals surface area contributed by atoms with Gasteiger partial charge in [-0.25, -0.2) is 4.39 Å². The van der Waals surface area contributed by atoms with Crippen LogP contribution in [0.25, 0.3) is 5.76 Å². The summed E-state index contributed by atoms with van der Waals surface area (Å²) in [6.07, 6.45) is 0. The maximum Gasteiger partial charge on any atom is 0.251 e. The van der Waals surface area contributed by atoms with Crippen molar-refractivity contribution in [2.24, 2.45) is 5.73 Å². The third-order valence-corrected chi connectivity index (χ3v) is 1.88. The molecular weight excluding hydrogens is 197 g/mol. The summed E-state index contributed by atoms with van der Waals surface area (Å²) in [5.41, 5.74) is 5.01. The second kappa shape index (κ2) is 4.59. The highest BCUT2D eigenvalue weighted by Gasteiger charge is 2.14. The highest BCUT2D eigenvalue weighted by atomic mass is 19.1. The Bertz CT molecular complexity index is 402. The number of ether oxygens (including phenoxy) is 1. The predicted molar refractivity (Wildman–Crippen MR) is 55.6 cm³/mol. The molecule has 1 rings (SSSR count). The van der Waals surface area contributed by atoms with Crippen LogP contribution in [-0.2, 0) is 4.74 Å². The minimum Gasteiger partial charge on any atom is -0.494 e. The van der Waals surface area contributed by atoms with Gasteiger partial charge in [0.25, 0.3) is 5.91 Å². The Morgan fingerprint density at radius 3 is 2.67 bits per heavy atom. The zero-order valence-electron chi connectivity index (χ0n) is 8.42. The van der Waals surface area contributed by atoms with Crippen LogP contribution in [-0.4, -0.2) is 12.5 Å². The number of primary amides is 1. The molecule has 0 spiro atoms. The Labute approximate surface area is 87.3 Å². The molecule has 0 saturated carbocycles. The van der Waals surface area contributed by atoms with E-state index >= 15 is 0 Å². The van der Waals surface area contributed by atoms with E-state index < -0.39 is 11.7 Å². The van der Waals surface area contributed by atoms with Crippen molar-refractivity contribution in [3.8, 4) is 0 Å². The van der Waals surface area contributed by atoms with Crippen LogP contribution in [0.1, 0.15) is 22.8 Å². The number of amides is 1. The fraction of sp³-hybridized carbons (Fsp3) is 0.182. The van der Waals surface area contributed by atoms with Gasteiger partial charge in [-0.3, -0.25) is 4.79 Å². The number of nitrogens with two attached hydrogens (primary N) is 1. The van der Waals surface area contributed by atoms with Crippen molar-refractivity contribution in [1.82, 2.24) is 0 Å². The Morgan fingerprint density at radius 1 is 1.53 bits per heavy atom. The van der Waals surface area contributed by atoms with Crippen LogP contribution in [0.5, 0.6) is 0 Å². The monoisotopic (exact) mass is 209 g/mol. The zero-order chi connectivity index (χ0) is 11.4. The van der Waals surface area contributed by atoms with Gasteiger partial charge in [0.05, 0.1) is 17.7 Å². The first kappa shape index (κ1) is 11.2. The van der Waals surface area contributed by atoms with E-state index in [4.69, 9.17) is 10.5 Å². The van der Waals surface area contributed by atoms with Crippen molar-refractivity contribution in [3.63, 3.8) is 0 Å². The van der Waals surface area contributed by atoms with E-state index in [1.807, 2.05) is 0 Å². The molecule has 0 bridgehead atoms. The molecule has 1 aromatic rings. The lowest BCUT2D eigenvalue weighted by molar-refractivity contribution is 0.0996. The first-order valence-corrected chi connectivity index (χ1v) is 4.48. The van der Waals surface area contributed by atoms with Gasteiger partial charge >= 0.3 is 0 Å². The Hall–Kier alpha value is -1.84. The van der Waals surface area contributed by atoms with Crippen molar-refractivity contribution < 1.29 is 13.9 Å². The minimum atomic E-state index is -0.807. The number of hydrogen-bond acceptors (Lipinski definition) is 2. The molecule has 0 aromatic heterocycles. The highest BCUT2D eigenvalue weighted by molar-refractivity contribution is 5.93. The van der Waals surface area contributed by atoms with Crippen LogP contribution in [0.4, 0.5) is 4.39 Å². The molecule has 15 heavy (non-hydrogen) atoms. The van der Waals surface area contributed by atoms with Crippen LogP contribution in [0.3, 0.4) is 0 Å². The van der Waals surface area contributed by atoms with E-state index in [-0.39, 0.29) is 16.9 Å². The van der Waals surface area contributed by atoms with Gasteiger partial charge in [-0.1, -0.05) is 12.6 Å². The lowest BCUT2D eigenvalue weighted by Crippen LogP contribution is -2.14. The highest BCUT2D eigenvalue weighted by Crippen LogP contribution is 2.20. The SMILES string of the molecule is C=C(OCC)c1cccc(C(N)=O)c1F. The number of halogens is 1. The Kier molecular flexibility index (Phi) is 3.44. The molecule has 0 saturated heterocycles. The van der Waals surface area contributed by atoms with Gasteiger partial charge in [0.2, 0.25) is 0 Å². The number of hydrogen-bond donors (Lipinski definition) is 1. The van der Waals surface area contributed by atoms with Crippen LogP contribution in [0.15, 0.2) is 24.8 Å². The van der Waals surface area contributed by atoms with E-state index in [0.717, 1.165) is 0 Å². The first-order valence-electron chi connectivity index (χ1n) is 4.48. The van der Waals surface area contributed by atoms with Gasteiger partial charge in [-0.2, -0.15) is 0 Å². The summed E-state index contributed by atoms with van der Waals surface area (Å²) in [6.45, 7) is 5.71. The van der Waals surface area contributed by atoms with E-state index in [1.54, 1.807) is 6.92 Å². The Balaban J connectivity index is 3.15. The molecule has 0 radical (unpaired) electrons. The molecule has 0 fully saturated rings. The Morgan fingerprint density at radius 2 is 2.13 bits per heavy atom. The van der Waals surface area contributed by atoms with Gasteiger partial charge in [-0.15, -0.1) is 0 Å². The van der Waals surface area contributed by atoms with Crippen LogP contribution >= 0.6 is 0 Å². The third-order valence-electron chi connectivity index (χ3n) is 1.88. The summed E-state index contributed by atoms with van der Waals surface area (Å²) < 4.78 is 18.7. The molecule has 0 unspecified atom stereocenters. The standard InChI is InChI=1S/C11H12FNO2/c1-3-15-7(2)8-5-4-6-9(10(8)12)11(13)14/h4-6H,2-3H2,1H3,(H2,13,14). The van der Waals surface area contributed by atoms with E-state index in [9.17, 15) is 9.18 Å². The van der Waals surface area contributed by atoms with Gasteiger partial charge < -0.3 is 10.5 Å². The molecular formula is C11H12FNO2. The molecule has 3 nitrogen and oxygen atoms in total. The number of carbonyl (C=O) groups is 1. The molecule has 0 aliphatic carbocycles. The van der Waals surface area contributed by atoms with Crippen molar-refractivity contribution in [2.75, 3.05) is 6.61 Å². The maximum absolute atomic E-state index is 13.7. The zero-order valence-corrected chi connectivity index (χ0v) is 8.42. The quantitative estimate of drug-likeness (QED) is 0.770.